The summed E-state index contributed by atoms with van der Waals surface area (Å²) in [6, 6.07) is 0.697. The zero-order chi connectivity index (χ0) is 7.68. The van der Waals surface area contributed by atoms with E-state index in [1.807, 2.05) is 0 Å². The Hall–Kier alpha value is 0.270. The second-order valence-electron chi connectivity index (χ2n) is 3.50. The van der Waals surface area contributed by atoms with Crippen molar-refractivity contribution in [1.29, 1.82) is 0 Å². The van der Waals surface area contributed by atoms with Crippen molar-refractivity contribution >= 4 is 11.8 Å². The molecule has 2 fully saturated rings. The van der Waals surface area contributed by atoms with Crippen molar-refractivity contribution in [3.05, 3.63) is 0 Å². The third-order valence-corrected chi connectivity index (χ3v) is 4.17. The average Bonchev–Trinajstić information content (AvgIpc) is 2.06. The highest BCUT2D eigenvalue weighted by Crippen LogP contribution is 2.33. The topological polar surface area (TPSA) is 29.3 Å². The van der Waals surface area contributed by atoms with Gasteiger partial charge in [0.15, 0.2) is 0 Å². The molecule has 2 nitrogen and oxygen atoms in total. The molecular formula is C8H16N2S. The largest absolute Gasteiger partial charge is 0.268 e. The second kappa shape index (κ2) is 3.33. The van der Waals surface area contributed by atoms with Crippen LogP contribution in [0.5, 0.6) is 0 Å². The van der Waals surface area contributed by atoms with Crippen LogP contribution >= 0.6 is 11.8 Å². The number of fused-ring (bicyclic) bond motifs is 1. The molecule has 0 aromatic heterocycles. The second-order valence-corrected chi connectivity index (χ2v) is 4.85. The number of nitrogens with zero attached hydrogens (tertiary/aromatic N) is 1. The molecule has 0 bridgehead atoms. The van der Waals surface area contributed by atoms with Gasteiger partial charge in [0.25, 0.3) is 0 Å². The lowest BCUT2D eigenvalue weighted by atomic mass is 9.94. The average molecular weight is 172 g/mol. The van der Waals surface area contributed by atoms with E-state index in [0.29, 0.717) is 6.04 Å². The van der Waals surface area contributed by atoms with Gasteiger partial charge in [-0.2, -0.15) is 11.8 Å². The molecule has 1 heterocycles. The highest BCUT2D eigenvalue weighted by Gasteiger charge is 2.31. The Morgan fingerprint density at radius 2 is 2.09 bits per heavy atom. The highest BCUT2D eigenvalue weighted by atomic mass is 32.2. The van der Waals surface area contributed by atoms with Gasteiger partial charge in [-0.25, -0.2) is 5.01 Å². The van der Waals surface area contributed by atoms with Crippen LogP contribution in [0.25, 0.3) is 0 Å². The highest BCUT2D eigenvalue weighted by molar-refractivity contribution is 8.00. The van der Waals surface area contributed by atoms with Crippen LogP contribution in [-0.4, -0.2) is 28.6 Å². The van der Waals surface area contributed by atoms with E-state index in [1.165, 1.54) is 31.4 Å². The Balaban J connectivity index is 1.99. The number of hydrazine groups is 1. The first-order valence-electron chi connectivity index (χ1n) is 4.51. The molecular weight excluding hydrogens is 156 g/mol. The van der Waals surface area contributed by atoms with Crippen LogP contribution < -0.4 is 5.84 Å². The summed E-state index contributed by atoms with van der Waals surface area (Å²) >= 11 is 2.13. The van der Waals surface area contributed by atoms with Gasteiger partial charge >= 0.3 is 0 Å². The van der Waals surface area contributed by atoms with E-state index in [0.717, 1.165) is 11.8 Å². The minimum Gasteiger partial charge on any atom is -0.268 e. The number of hydrogen-bond acceptors (Lipinski definition) is 3. The summed E-state index contributed by atoms with van der Waals surface area (Å²) < 4.78 is 0. The zero-order valence-electron chi connectivity index (χ0n) is 6.83. The van der Waals surface area contributed by atoms with E-state index in [4.69, 9.17) is 5.84 Å². The van der Waals surface area contributed by atoms with Gasteiger partial charge in [-0.3, -0.25) is 5.84 Å². The van der Waals surface area contributed by atoms with Crippen LogP contribution in [0.15, 0.2) is 0 Å². The minimum atomic E-state index is 0.697. The lowest BCUT2D eigenvalue weighted by Gasteiger charge is -2.41. The van der Waals surface area contributed by atoms with Crippen LogP contribution in [0.1, 0.15) is 25.7 Å². The van der Waals surface area contributed by atoms with E-state index in [2.05, 4.69) is 16.8 Å². The maximum atomic E-state index is 5.91. The molecule has 0 radical (unpaired) electrons. The van der Waals surface area contributed by atoms with Crippen LogP contribution in [0, 0.1) is 0 Å². The van der Waals surface area contributed by atoms with E-state index in [-0.39, 0.29) is 0 Å². The quantitative estimate of drug-likeness (QED) is 0.557. The number of rotatable bonds is 0. The fourth-order valence-corrected chi connectivity index (χ4v) is 3.59. The zero-order valence-corrected chi connectivity index (χ0v) is 7.65. The Bertz CT molecular complexity index is 138. The summed E-state index contributed by atoms with van der Waals surface area (Å²) in [6.45, 7) is 1.09. The Morgan fingerprint density at radius 1 is 1.27 bits per heavy atom. The van der Waals surface area contributed by atoms with E-state index >= 15 is 0 Å². The molecule has 2 N–H and O–H groups in total. The van der Waals surface area contributed by atoms with Crippen LogP contribution in [0.3, 0.4) is 0 Å². The monoisotopic (exact) mass is 172 g/mol. The van der Waals surface area contributed by atoms with Gasteiger partial charge in [0.05, 0.1) is 0 Å². The predicted molar refractivity (Wildman–Crippen MR) is 49.4 cm³/mol. The van der Waals surface area contributed by atoms with E-state index < -0.39 is 0 Å². The molecule has 1 saturated carbocycles. The van der Waals surface area contributed by atoms with E-state index in [1.54, 1.807) is 0 Å². The Kier molecular flexibility index (Phi) is 2.39. The van der Waals surface area contributed by atoms with Crippen LogP contribution in [-0.2, 0) is 0 Å². The smallest absolute Gasteiger partial charge is 0.0360 e. The first kappa shape index (κ1) is 7.90. The van der Waals surface area contributed by atoms with Crippen LogP contribution in [0.4, 0.5) is 0 Å². The molecule has 2 rings (SSSR count). The molecule has 3 heteroatoms. The predicted octanol–water partition coefficient (Wildman–Crippen LogP) is 1.22. The molecule has 0 amide bonds. The lowest BCUT2D eigenvalue weighted by Crippen LogP contribution is -2.52. The fraction of sp³-hybridized carbons (Fsp3) is 1.00. The molecule has 2 unspecified atom stereocenters. The first-order chi connectivity index (χ1) is 5.38. The Labute approximate surface area is 72.5 Å². The van der Waals surface area contributed by atoms with Crippen molar-refractivity contribution in [2.75, 3.05) is 12.3 Å². The molecule has 2 atom stereocenters. The van der Waals surface area contributed by atoms with Crippen molar-refractivity contribution < 1.29 is 0 Å². The standard InChI is InChI=1S/C8H16N2S/c9-10-5-6-11-8-4-2-1-3-7(8)10/h7-8H,1-6,9H2. The van der Waals surface area contributed by atoms with Gasteiger partial charge in [-0.15, -0.1) is 0 Å². The third-order valence-electron chi connectivity index (χ3n) is 2.78. The number of nitrogens with two attached hydrogens (primary N) is 1. The fourth-order valence-electron chi connectivity index (χ4n) is 2.13. The molecule has 0 spiro atoms. The van der Waals surface area contributed by atoms with Crippen molar-refractivity contribution in [2.24, 2.45) is 5.84 Å². The number of thioether (sulfide) groups is 1. The van der Waals surface area contributed by atoms with Gasteiger partial charge < -0.3 is 0 Å². The maximum Gasteiger partial charge on any atom is 0.0360 e. The van der Waals surface area contributed by atoms with Gasteiger partial charge in [0.2, 0.25) is 0 Å². The molecule has 2 aliphatic rings. The minimum absolute atomic E-state index is 0.697. The first-order valence-corrected chi connectivity index (χ1v) is 5.56. The summed E-state index contributed by atoms with van der Waals surface area (Å²) in [6.07, 6.45) is 5.52. The summed E-state index contributed by atoms with van der Waals surface area (Å²) in [7, 11) is 0. The van der Waals surface area contributed by atoms with Crippen molar-refractivity contribution in [3.8, 4) is 0 Å². The summed E-state index contributed by atoms with van der Waals surface area (Å²) in [5, 5.41) is 2.92. The number of hydrogen-bond donors (Lipinski definition) is 1. The summed E-state index contributed by atoms with van der Waals surface area (Å²) in [5.41, 5.74) is 0. The molecule has 64 valence electrons. The summed E-state index contributed by atoms with van der Waals surface area (Å²) in [5.74, 6) is 7.14. The SMILES string of the molecule is NN1CCSC2CCCCC21. The Morgan fingerprint density at radius 3 is 2.91 bits per heavy atom. The van der Waals surface area contributed by atoms with Gasteiger partial charge in [0.1, 0.15) is 0 Å². The molecule has 0 aromatic rings. The molecule has 1 aliphatic carbocycles. The molecule has 11 heavy (non-hydrogen) atoms. The van der Waals surface area contributed by atoms with Gasteiger partial charge in [-0.1, -0.05) is 12.8 Å². The third kappa shape index (κ3) is 1.55. The lowest BCUT2D eigenvalue weighted by molar-refractivity contribution is 0.166. The maximum absolute atomic E-state index is 5.91. The van der Waals surface area contributed by atoms with Crippen LogP contribution in [0.2, 0.25) is 0 Å². The molecule has 1 saturated heterocycles. The summed E-state index contributed by atoms with van der Waals surface area (Å²) in [4.78, 5) is 0. The molecule has 1 aliphatic heterocycles. The van der Waals surface area contributed by atoms with Gasteiger partial charge in [0, 0.05) is 23.6 Å². The van der Waals surface area contributed by atoms with Crippen molar-refractivity contribution in [3.63, 3.8) is 0 Å². The normalized spacial score (nSPS) is 40.1. The van der Waals surface area contributed by atoms with Crippen molar-refractivity contribution in [2.45, 2.75) is 37.0 Å². The van der Waals surface area contributed by atoms with E-state index in [9.17, 15) is 0 Å². The van der Waals surface area contributed by atoms with Gasteiger partial charge in [-0.05, 0) is 12.8 Å². The van der Waals surface area contributed by atoms with Crippen molar-refractivity contribution in [1.82, 2.24) is 5.01 Å². The molecule has 0 aromatic carbocycles.